The van der Waals surface area contributed by atoms with E-state index in [0.717, 1.165) is 31.4 Å². The van der Waals surface area contributed by atoms with Crippen molar-refractivity contribution in [3.05, 3.63) is 11.1 Å². The number of hydrogen-bond donors (Lipinski definition) is 1. The van der Waals surface area contributed by atoms with Crippen LogP contribution in [0.25, 0.3) is 0 Å². The van der Waals surface area contributed by atoms with Gasteiger partial charge in [0.15, 0.2) is 0 Å². The average Bonchev–Trinajstić information content (AvgIpc) is 2.95. The maximum Gasteiger partial charge on any atom is 0.0893 e. The van der Waals surface area contributed by atoms with Gasteiger partial charge in [-0.25, -0.2) is 0 Å². The van der Waals surface area contributed by atoms with E-state index in [-0.39, 0.29) is 0 Å². The molecule has 0 radical (unpaired) electrons. The predicted octanol–water partition coefficient (Wildman–Crippen LogP) is 1.11. The van der Waals surface area contributed by atoms with Crippen molar-refractivity contribution in [2.75, 3.05) is 19.6 Å². The first kappa shape index (κ1) is 11.0. The normalized spacial score (nSPS) is 16.1. The van der Waals surface area contributed by atoms with Crippen LogP contribution in [0.1, 0.15) is 25.5 Å². The standard InChI is InChI=1S/C10H18N4S/c1-2-14(10-3-4-10)6-5-11-7-9-8-15-13-12-9/h8,10-11H,2-7H2,1H3. The molecule has 0 aliphatic heterocycles. The van der Waals surface area contributed by atoms with Crippen LogP contribution in [-0.2, 0) is 6.54 Å². The van der Waals surface area contributed by atoms with Crippen LogP contribution < -0.4 is 5.32 Å². The van der Waals surface area contributed by atoms with Gasteiger partial charge in [0.05, 0.1) is 5.69 Å². The highest BCUT2D eigenvalue weighted by Gasteiger charge is 2.26. The summed E-state index contributed by atoms with van der Waals surface area (Å²) in [5.74, 6) is 0. The van der Waals surface area contributed by atoms with Crippen LogP contribution in [0.15, 0.2) is 5.38 Å². The summed E-state index contributed by atoms with van der Waals surface area (Å²) in [5, 5.41) is 9.38. The molecule has 1 heterocycles. The first-order valence-corrected chi connectivity index (χ1v) is 6.44. The van der Waals surface area contributed by atoms with Crippen molar-refractivity contribution in [2.24, 2.45) is 0 Å². The molecular formula is C10H18N4S. The number of aromatic nitrogens is 2. The van der Waals surface area contributed by atoms with Crippen molar-refractivity contribution in [3.8, 4) is 0 Å². The van der Waals surface area contributed by atoms with E-state index in [1.165, 1.54) is 30.9 Å². The molecule has 1 fully saturated rings. The van der Waals surface area contributed by atoms with E-state index < -0.39 is 0 Å². The Kier molecular flexibility index (Phi) is 4.05. The van der Waals surface area contributed by atoms with Crippen LogP contribution in [-0.4, -0.2) is 40.2 Å². The van der Waals surface area contributed by atoms with Gasteiger partial charge in [0.25, 0.3) is 0 Å². The second-order valence-electron chi connectivity index (χ2n) is 3.93. The lowest BCUT2D eigenvalue weighted by atomic mass is 10.4. The highest BCUT2D eigenvalue weighted by atomic mass is 32.1. The Morgan fingerprint density at radius 2 is 2.47 bits per heavy atom. The maximum absolute atomic E-state index is 3.99. The molecule has 0 amide bonds. The lowest BCUT2D eigenvalue weighted by molar-refractivity contribution is 0.277. The smallest absolute Gasteiger partial charge is 0.0893 e. The first-order chi connectivity index (χ1) is 7.40. The predicted molar refractivity (Wildman–Crippen MR) is 61.9 cm³/mol. The molecule has 5 heteroatoms. The van der Waals surface area contributed by atoms with Crippen molar-refractivity contribution in [2.45, 2.75) is 32.4 Å². The number of nitrogens with zero attached hydrogens (tertiary/aromatic N) is 3. The fourth-order valence-electron chi connectivity index (χ4n) is 1.74. The van der Waals surface area contributed by atoms with Gasteiger partial charge >= 0.3 is 0 Å². The lowest BCUT2D eigenvalue weighted by Crippen LogP contribution is -2.33. The zero-order valence-electron chi connectivity index (χ0n) is 9.15. The third-order valence-electron chi connectivity index (χ3n) is 2.76. The van der Waals surface area contributed by atoms with Crippen molar-refractivity contribution < 1.29 is 0 Å². The summed E-state index contributed by atoms with van der Waals surface area (Å²) in [6.45, 7) is 6.45. The summed E-state index contributed by atoms with van der Waals surface area (Å²) >= 11 is 1.41. The van der Waals surface area contributed by atoms with Crippen LogP contribution in [0.5, 0.6) is 0 Å². The van der Waals surface area contributed by atoms with Gasteiger partial charge in [0.2, 0.25) is 0 Å². The summed E-state index contributed by atoms with van der Waals surface area (Å²) in [4.78, 5) is 2.55. The number of likely N-dealkylation sites (N-methyl/N-ethyl adjacent to an activating group) is 1. The second kappa shape index (κ2) is 5.53. The minimum Gasteiger partial charge on any atom is -0.310 e. The minimum atomic E-state index is 0.846. The Labute approximate surface area is 94.8 Å². The second-order valence-corrected chi connectivity index (χ2v) is 4.54. The van der Waals surface area contributed by atoms with E-state index in [0.29, 0.717) is 0 Å². The molecule has 1 saturated carbocycles. The van der Waals surface area contributed by atoms with Crippen molar-refractivity contribution in [3.63, 3.8) is 0 Å². The molecule has 0 unspecified atom stereocenters. The fourth-order valence-corrected chi connectivity index (χ4v) is 2.19. The van der Waals surface area contributed by atoms with Gasteiger partial charge in [0.1, 0.15) is 0 Å². The highest BCUT2D eigenvalue weighted by molar-refractivity contribution is 7.03. The molecule has 2 rings (SSSR count). The van der Waals surface area contributed by atoms with Crippen LogP contribution in [0.4, 0.5) is 0 Å². The molecule has 15 heavy (non-hydrogen) atoms. The Balaban J connectivity index is 1.58. The van der Waals surface area contributed by atoms with Crippen LogP contribution >= 0.6 is 11.5 Å². The zero-order chi connectivity index (χ0) is 10.5. The van der Waals surface area contributed by atoms with Crippen molar-refractivity contribution in [1.82, 2.24) is 19.8 Å². The molecule has 0 aromatic carbocycles. The molecule has 1 N–H and O–H groups in total. The van der Waals surface area contributed by atoms with E-state index in [4.69, 9.17) is 0 Å². The molecule has 0 spiro atoms. The molecule has 1 aromatic heterocycles. The topological polar surface area (TPSA) is 41.0 Å². The molecule has 1 aromatic rings. The van der Waals surface area contributed by atoms with Gasteiger partial charge in [-0.1, -0.05) is 11.4 Å². The van der Waals surface area contributed by atoms with Crippen LogP contribution in [0.3, 0.4) is 0 Å². The van der Waals surface area contributed by atoms with Gasteiger partial charge in [-0.2, -0.15) is 0 Å². The first-order valence-electron chi connectivity index (χ1n) is 5.61. The third kappa shape index (κ3) is 3.52. The van der Waals surface area contributed by atoms with E-state index >= 15 is 0 Å². The minimum absolute atomic E-state index is 0.846. The van der Waals surface area contributed by atoms with E-state index in [2.05, 4.69) is 26.7 Å². The molecule has 4 nitrogen and oxygen atoms in total. The Hall–Kier alpha value is -0.520. The molecule has 84 valence electrons. The molecule has 0 atom stereocenters. The van der Waals surface area contributed by atoms with Gasteiger partial charge in [0, 0.05) is 31.1 Å². The summed E-state index contributed by atoms with van der Waals surface area (Å²) in [5.41, 5.74) is 1.05. The third-order valence-corrected chi connectivity index (χ3v) is 3.31. The van der Waals surface area contributed by atoms with Crippen LogP contribution in [0, 0.1) is 0 Å². The van der Waals surface area contributed by atoms with E-state index in [1.54, 1.807) is 0 Å². The summed E-state index contributed by atoms with van der Waals surface area (Å²) in [6.07, 6.45) is 2.79. The Morgan fingerprint density at radius 1 is 1.60 bits per heavy atom. The average molecular weight is 226 g/mol. The Morgan fingerprint density at radius 3 is 3.07 bits per heavy atom. The van der Waals surface area contributed by atoms with E-state index in [1.807, 2.05) is 5.38 Å². The number of rotatable bonds is 7. The molecule has 1 aliphatic rings. The molecule has 1 aliphatic carbocycles. The maximum atomic E-state index is 3.99. The summed E-state index contributed by atoms with van der Waals surface area (Å²) in [7, 11) is 0. The van der Waals surface area contributed by atoms with Gasteiger partial charge in [-0.05, 0) is 30.9 Å². The van der Waals surface area contributed by atoms with Crippen molar-refractivity contribution >= 4 is 11.5 Å². The highest BCUT2D eigenvalue weighted by Crippen LogP contribution is 2.25. The van der Waals surface area contributed by atoms with Crippen LogP contribution in [0.2, 0.25) is 0 Å². The van der Waals surface area contributed by atoms with Crippen molar-refractivity contribution in [1.29, 1.82) is 0 Å². The lowest BCUT2D eigenvalue weighted by Gasteiger charge is -2.19. The van der Waals surface area contributed by atoms with E-state index in [9.17, 15) is 0 Å². The monoisotopic (exact) mass is 226 g/mol. The molecular weight excluding hydrogens is 208 g/mol. The fraction of sp³-hybridized carbons (Fsp3) is 0.800. The largest absolute Gasteiger partial charge is 0.310 e. The summed E-state index contributed by atoms with van der Waals surface area (Å²) < 4.78 is 3.83. The number of hydrogen-bond acceptors (Lipinski definition) is 5. The molecule has 0 bridgehead atoms. The quantitative estimate of drug-likeness (QED) is 0.707. The number of nitrogens with one attached hydrogen (secondary N) is 1. The zero-order valence-corrected chi connectivity index (χ0v) is 9.96. The van der Waals surface area contributed by atoms with Gasteiger partial charge in [-0.3, -0.25) is 4.90 Å². The van der Waals surface area contributed by atoms with Gasteiger partial charge < -0.3 is 5.32 Å². The summed E-state index contributed by atoms with van der Waals surface area (Å²) in [6, 6.07) is 0.873. The molecule has 0 saturated heterocycles. The SMILES string of the molecule is CCN(CCNCc1csnn1)C1CC1. The Bertz CT molecular complexity index is 271. The van der Waals surface area contributed by atoms with Gasteiger partial charge in [-0.15, -0.1) is 5.10 Å².